The zero-order chi connectivity index (χ0) is 19.2. The maximum Gasteiger partial charge on any atom is 0.262 e. The molecule has 0 radical (unpaired) electrons. The Morgan fingerprint density at radius 3 is 2.81 bits per heavy atom. The molecule has 5 nitrogen and oxygen atoms in total. The van der Waals surface area contributed by atoms with E-state index in [1.165, 1.54) is 11.8 Å². The number of hydrogen-bond acceptors (Lipinski definition) is 5. The van der Waals surface area contributed by atoms with E-state index in [-0.39, 0.29) is 5.56 Å². The van der Waals surface area contributed by atoms with E-state index in [0.717, 1.165) is 11.3 Å². The lowest BCUT2D eigenvalue weighted by atomic mass is 10.2. The molecule has 0 saturated heterocycles. The highest BCUT2D eigenvalue weighted by atomic mass is 35.5. The fourth-order valence-corrected chi connectivity index (χ4v) is 3.67. The van der Waals surface area contributed by atoms with E-state index in [1.54, 1.807) is 29.9 Å². The molecule has 0 aliphatic heterocycles. The largest absolute Gasteiger partial charge is 0.493 e. The number of halogens is 1. The van der Waals surface area contributed by atoms with Gasteiger partial charge >= 0.3 is 0 Å². The van der Waals surface area contributed by atoms with E-state index in [1.807, 2.05) is 31.2 Å². The van der Waals surface area contributed by atoms with Crippen LogP contribution in [0.25, 0.3) is 10.9 Å². The Balaban J connectivity index is 1.77. The van der Waals surface area contributed by atoms with Gasteiger partial charge in [0.15, 0.2) is 5.16 Å². The number of nitrogens with zero attached hydrogens (tertiary/aromatic N) is 2. The van der Waals surface area contributed by atoms with Gasteiger partial charge in [0.05, 0.1) is 30.7 Å². The molecule has 3 aromatic rings. The maximum absolute atomic E-state index is 12.8. The van der Waals surface area contributed by atoms with Crippen LogP contribution in [-0.2, 0) is 11.3 Å². The summed E-state index contributed by atoms with van der Waals surface area (Å²) in [7, 11) is 1.61. The molecule has 0 fully saturated rings. The van der Waals surface area contributed by atoms with Crippen molar-refractivity contribution >= 4 is 34.3 Å². The fourth-order valence-electron chi connectivity index (χ4n) is 2.66. The Labute approximate surface area is 167 Å². The Morgan fingerprint density at radius 2 is 2.04 bits per heavy atom. The number of thioether (sulfide) groups is 1. The summed E-state index contributed by atoms with van der Waals surface area (Å²) in [4.78, 5) is 17.5. The lowest BCUT2D eigenvalue weighted by molar-refractivity contribution is 0.183. The molecule has 0 unspecified atom stereocenters. The van der Waals surface area contributed by atoms with E-state index in [2.05, 4.69) is 4.98 Å². The van der Waals surface area contributed by atoms with E-state index in [4.69, 9.17) is 21.1 Å². The third kappa shape index (κ3) is 5.03. The van der Waals surface area contributed by atoms with Gasteiger partial charge < -0.3 is 9.47 Å². The molecular weight excluding hydrogens is 384 g/mol. The lowest BCUT2D eigenvalue weighted by Gasteiger charge is -2.13. The highest BCUT2D eigenvalue weighted by molar-refractivity contribution is 7.99. The summed E-state index contributed by atoms with van der Waals surface area (Å²) in [5.41, 5.74) is 1.67. The molecule has 0 N–H and O–H groups in total. The maximum atomic E-state index is 12.8. The highest BCUT2D eigenvalue weighted by Crippen LogP contribution is 2.21. The number of methoxy groups -OCH3 is 1. The number of rotatable bonds is 8. The fraction of sp³-hybridized carbons (Fsp3) is 0.300. The van der Waals surface area contributed by atoms with Crippen LogP contribution in [0.1, 0.15) is 5.56 Å². The number of hydrogen-bond donors (Lipinski definition) is 0. The molecule has 1 heterocycles. The second-order valence-electron chi connectivity index (χ2n) is 6.02. The first-order chi connectivity index (χ1) is 13.1. The van der Waals surface area contributed by atoms with Gasteiger partial charge in [-0.2, -0.15) is 0 Å². The Morgan fingerprint density at radius 1 is 1.19 bits per heavy atom. The third-order valence-electron chi connectivity index (χ3n) is 3.97. The Hall–Kier alpha value is -2.02. The SMILES string of the molecule is COCCn1c(SCCOc2cccc(C)c2)nc2cc(Cl)ccc2c1=O. The zero-order valence-electron chi connectivity index (χ0n) is 15.3. The molecule has 27 heavy (non-hydrogen) atoms. The van der Waals surface area contributed by atoms with Crippen molar-refractivity contribution < 1.29 is 9.47 Å². The van der Waals surface area contributed by atoms with Gasteiger partial charge in [0, 0.05) is 17.9 Å². The zero-order valence-corrected chi connectivity index (χ0v) is 16.8. The number of aryl methyl sites for hydroxylation is 1. The van der Waals surface area contributed by atoms with Gasteiger partial charge in [-0.1, -0.05) is 35.5 Å². The standard InChI is InChI=1S/C20H21ClN2O3S/c1-14-4-3-5-16(12-14)26-10-11-27-20-22-18-13-15(21)6-7-17(18)19(24)23(20)8-9-25-2/h3-7,12-13H,8-11H2,1-2H3. The molecule has 0 bridgehead atoms. The second kappa shape index (κ2) is 9.26. The van der Waals surface area contributed by atoms with Gasteiger partial charge in [0.2, 0.25) is 0 Å². The molecule has 0 saturated carbocycles. The minimum atomic E-state index is -0.0872. The van der Waals surface area contributed by atoms with Gasteiger partial charge in [-0.15, -0.1) is 0 Å². The van der Waals surface area contributed by atoms with Crippen molar-refractivity contribution in [2.24, 2.45) is 0 Å². The van der Waals surface area contributed by atoms with Crippen molar-refractivity contribution in [3.8, 4) is 5.75 Å². The van der Waals surface area contributed by atoms with Crippen molar-refractivity contribution in [1.29, 1.82) is 0 Å². The van der Waals surface area contributed by atoms with Crippen molar-refractivity contribution in [3.63, 3.8) is 0 Å². The van der Waals surface area contributed by atoms with Crippen molar-refractivity contribution in [1.82, 2.24) is 9.55 Å². The van der Waals surface area contributed by atoms with Crippen molar-refractivity contribution in [2.45, 2.75) is 18.6 Å². The molecule has 0 atom stereocenters. The van der Waals surface area contributed by atoms with Gasteiger partial charge in [0.25, 0.3) is 5.56 Å². The van der Waals surface area contributed by atoms with Crippen LogP contribution in [0.2, 0.25) is 5.02 Å². The smallest absolute Gasteiger partial charge is 0.262 e. The summed E-state index contributed by atoms with van der Waals surface area (Å²) in [5, 5.41) is 1.75. The van der Waals surface area contributed by atoms with E-state index >= 15 is 0 Å². The lowest BCUT2D eigenvalue weighted by Crippen LogP contribution is -2.25. The van der Waals surface area contributed by atoms with Crippen LogP contribution in [0.5, 0.6) is 5.75 Å². The van der Waals surface area contributed by atoms with Gasteiger partial charge in [-0.3, -0.25) is 9.36 Å². The summed E-state index contributed by atoms with van der Waals surface area (Å²) in [6.45, 7) is 3.43. The number of fused-ring (bicyclic) bond motifs is 1. The van der Waals surface area contributed by atoms with Gasteiger partial charge in [-0.25, -0.2) is 4.98 Å². The molecule has 7 heteroatoms. The minimum absolute atomic E-state index is 0.0872. The minimum Gasteiger partial charge on any atom is -0.493 e. The van der Waals surface area contributed by atoms with Crippen LogP contribution in [0.4, 0.5) is 0 Å². The first-order valence-electron chi connectivity index (χ1n) is 8.60. The summed E-state index contributed by atoms with van der Waals surface area (Å²) >= 11 is 7.54. The Kier molecular flexibility index (Phi) is 6.77. The van der Waals surface area contributed by atoms with Crippen LogP contribution < -0.4 is 10.3 Å². The average molecular weight is 405 g/mol. The molecule has 0 amide bonds. The normalized spacial score (nSPS) is 11.1. The number of ether oxygens (including phenoxy) is 2. The molecule has 0 aliphatic rings. The quantitative estimate of drug-likeness (QED) is 0.320. The first-order valence-corrected chi connectivity index (χ1v) is 9.96. The predicted octanol–water partition coefficient (Wildman–Crippen LogP) is 4.18. The molecular formula is C20H21ClN2O3S. The highest BCUT2D eigenvalue weighted by Gasteiger charge is 2.12. The van der Waals surface area contributed by atoms with Crippen LogP contribution in [0.3, 0.4) is 0 Å². The molecule has 0 spiro atoms. The first kappa shape index (κ1) is 19.7. The molecule has 0 aliphatic carbocycles. The van der Waals surface area contributed by atoms with Gasteiger partial charge in [0.1, 0.15) is 5.75 Å². The summed E-state index contributed by atoms with van der Waals surface area (Å²) in [6, 6.07) is 13.1. The summed E-state index contributed by atoms with van der Waals surface area (Å²) in [5.74, 6) is 1.50. The summed E-state index contributed by atoms with van der Waals surface area (Å²) in [6.07, 6.45) is 0. The Bertz CT molecular complexity index is 991. The number of aromatic nitrogens is 2. The average Bonchev–Trinajstić information content (AvgIpc) is 2.64. The van der Waals surface area contributed by atoms with E-state index < -0.39 is 0 Å². The predicted molar refractivity (Wildman–Crippen MR) is 110 cm³/mol. The molecule has 3 rings (SSSR count). The monoisotopic (exact) mass is 404 g/mol. The molecule has 142 valence electrons. The number of benzene rings is 2. The topological polar surface area (TPSA) is 53.4 Å². The molecule has 2 aromatic carbocycles. The van der Waals surface area contributed by atoms with Crippen molar-refractivity contribution in [3.05, 3.63) is 63.4 Å². The summed E-state index contributed by atoms with van der Waals surface area (Å²) < 4.78 is 12.6. The van der Waals surface area contributed by atoms with Crippen LogP contribution in [-0.4, -0.2) is 35.6 Å². The van der Waals surface area contributed by atoms with Crippen molar-refractivity contribution in [2.75, 3.05) is 26.1 Å². The third-order valence-corrected chi connectivity index (χ3v) is 5.15. The van der Waals surface area contributed by atoms with E-state index in [0.29, 0.717) is 46.6 Å². The second-order valence-corrected chi connectivity index (χ2v) is 7.52. The van der Waals surface area contributed by atoms with Crippen LogP contribution in [0, 0.1) is 6.92 Å². The molecule has 1 aromatic heterocycles. The van der Waals surface area contributed by atoms with Gasteiger partial charge in [-0.05, 0) is 42.8 Å². The van der Waals surface area contributed by atoms with Crippen LogP contribution in [0.15, 0.2) is 52.4 Å². The van der Waals surface area contributed by atoms with Crippen LogP contribution >= 0.6 is 23.4 Å². The van der Waals surface area contributed by atoms with E-state index in [9.17, 15) is 4.79 Å².